The number of halogens is 2. The van der Waals surface area contributed by atoms with Crippen molar-refractivity contribution in [3.8, 4) is 5.75 Å². The van der Waals surface area contributed by atoms with E-state index in [0.717, 1.165) is 83.9 Å². The molecular formula is C33H36ClFN2O3. The monoisotopic (exact) mass is 562 g/mol. The normalized spacial score (nSPS) is 17.4. The number of likely N-dealkylation sites (tertiary alicyclic amines) is 1. The summed E-state index contributed by atoms with van der Waals surface area (Å²) in [5.74, 6) is 0.836. The molecule has 1 saturated heterocycles. The van der Waals surface area contributed by atoms with Crippen molar-refractivity contribution < 1.29 is 18.7 Å². The Labute approximate surface area is 240 Å². The molecular weight excluding hydrogens is 527 g/mol. The summed E-state index contributed by atoms with van der Waals surface area (Å²) in [5.41, 5.74) is 8.63. The van der Waals surface area contributed by atoms with E-state index in [4.69, 9.17) is 21.1 Å². The van der Waals surface area contributed by atoms with E-state index in [1.807, 2.05) is 37.3 Å². The zero-order valence-corrected chi connectivity index (χ0v) is 23.9. The number of alkyl halides is 1. The van der Waals surface area contributed by atoms with Crippen LogP contribution in [-0.2, 0) is 11.2 Å². The van der Waals surface area contributed by atoms with Crippen LogP contribution in [0.2, 0.25) is 5.02 Å². The highest BCUT2D eigenvalue weighted by Gasteiger charge is 2.25. The largest absolute Gasteiger partial charge is 0.489 e. The van der Waals surface area contributed by atoms with Crippen LogP contribution in [0.5, 0.6) is 5.75 Å². The first-order valence-electron chi connectivity index (χ1n) is 14.0. The molecule has 1 aliphatic heterocycles. The Balaban J connectivity index is 1.50. The van der Waals surface area contributed by atoms with Crippen molar-refractivity contribution in [2.75, 3.05) is 38.7 Å². The van der Waals surface area contributed by atoms with Gasteiger partial charge >= 0.3 is 6.09 Å². The Morgan fingerprint density at radius 2 is 1.88 bits per heavy atom. The summed E-state index contributed by atoms with van der Waals surface area (Å²) >= 11 is 6.82. The molecule has 1 fully saturated rings. The van der Waals surface area contributed by atoms with E-state index in [2.05, 4.69) is 40.5 Å². The number of hydrogen-bond acceptors (Lipinski definition) is 4. The maximum Gasteiger partial charge on any atom is 0.411 e. The van der Waals surface area contributed by atoms with Crippen molar-refractivity contribution in [3.63, 3.8) is 0 Å². The lowest BCUT2D eigenvalue weighted by Crippen LogP contribution is -2.26. The van der Waals surface area contributed by atoms with Crippen LogP contribution in [0.25, 0.3) is 11.1 Å². The summed E-state index contributed by atoms with van der Waals surface area (Å²) in [5, 5.41) is 3.54. The molecule has 2 aliphatic rings. The molecule has 210 valence electrons. The van der Waals surface area contributed by atoms with E-state index in [-0.39, 0.29) is 12.8 Å². The quantitative estimate of drug-likeness (QED) is 0.303. The highest BCUT2D eigenvalue weighted by Crippen LogP contribution is 2.42. The third-order valence-electron chi connectivity index (χ3n) is 7.71. The number of nitrogens with zero attached hydrogens (tertiary/aromatic N) is 1. The van der Waals surface area contributed by atoms with E-state index in [1.54, 1.807) is 0 Å². The van der Waals surface area contributed by atoms with Crippen LogP contribution in [0.15, 0.2) is 60.7 Å². The number of allylic oxidation sites excluding steroid dienone is 1. The number of anilines is 1. The van der Waals surface area contributed by atoms with Gasteiger partial charge in [0.15, 0.2) is 0 Å². The minimum absolute atomic E-state index is 0.117. The number of benzene rings is 3. The molecule has 3 aromatic carbocycles. The molecule has 5 nitrogen and oxygen atoms in total. The molecule has 5 rings (SSSR count). The molecule has 7 heteroatoms. The van der Waals surface area contributed by atoms with Gasteiger partial charge < -0.3 is 9.47 Å². The fourth-order valence-corrected chi connectivity index (χ4v) is 6.12. The number of nitrogens with one attached hydrogen (secondary N) is 1. The first kappa shape index (κ1) is 28.2. The fraction of sp³-hybridized carbons (Fsp3) is 0.364. The lowest BCUT2D eigenvalue weighted by molar-refractivity contribution is 0.187. The van der Waals surface area contributed by atoms with Gasteiger partial charge in [0.05, 0.1) is 13.8 Å². The van der Waals surface area contributed by atoms with Gasteiger partial charge in [0, 0.05) is 30.3 Å². The van der Waals surface area contributed by atoms with Gasteiger partial charge in [-0.15, -0.1) is 0 Å². The zero-order chi connectivity index (χ0) is 28.1. The molecule has 1 N–H and O–H groups in total. The van der Waals surface area contributed by atoms with Gasteiger partial charge in [-0.1, -0.05) is 41.9 Å². The van der Waals surface area contributed by atoms with E-state index in [0.29, 0.717) is 12.1 Å². The van der Waals surface area contributed by atoms with Gasteiger partial charge in [-0.2, -0.15) is 0 Å². The topological polar surface area (TPSA) is 50.8 Å². The number of rotatable bonds is 8. The molecule has 0 spiro atoms. The van der Waals surface area contributed by atoms with E-state index < -0.39 is 6.09 Å². The Bertz CT molecular complexity index is 1390. The highest BCUT2D eigenvalue weighted by molar-refractivity contribution is 6.32. The SMILES string of the molecule is COC(=O)Nc1ccc2c(c1)CCCC(c1ccc(C)cc1Cl)=C2c1ccc(OC2CCN(CCCF)C2)cc1. The van der Waals surface area contributed by atoms with Gasteiger partial charge in [0.1, 0.15) is 11.9 Å². The molecule has 1 amide bonds. The summed E-state index contributed by atoms with van der Waals surface area (Å²) in [6, 6.07) is 20.6. The lowest BCUT2D eigenvalue weighted by atomic mass is 9.87. The molecule has 3 aromatic rings. The van der Waals surface area contributed by atoms with Crippen molar-refractivity contribution >= 4 is 34.5 Å². The summed E-state index contributed by atoms with van der Waals surface area (Å²) in [6.07, 6.45) is 3.87. The first-order chi connectivity index (χ1) is 19.4. The van der Waals surface area contributed by atoms with E-state index >= 15 is 0 Å². The maximum atomic E-state index is 12.6. The number of amides is 1. The minimum Gasteiger partial charge on any atom is -0.489 e. The Morgan fingerprint density at radius 1 is 1.07 bits per heavy atom. The molecule has 40 heavy (non-hydrogen) atoms. The van der Waals surface area contributed by atoms with E-state index in [9.17, 15) is 9.18 Å². The predicted octanol–water partition coefficient (Wildman–Crippen LogP) is 7.93. The second kappa shape index (κ2) is 12.9. The number of methoxy groups -OCH3 is 1. The number of fused-ring (bicyclic) bond motifs is 1. The van der Waals surface area contributed by atoms with Crippen LogP contribution >= 0.6 is 11.6 Å². The Morgan fingerprint density at radius 3 is 2.62 bits per heavy atom. The van der Waals surface area contributed by atoms with Crippen molar-refractivity contribution in [2.24, 2.45) is 0 Å². The number of hydrogen-bond donors (Lipinski definition) is 1. The summed E-state index contributed by atoms with van der Waals surface area (Å²) < 4.78 is 23.7. The van der Waals surface area contributed by atoms with Crippen LogP contribution in [0.3, 0.4) is 0 Å². The van der Waals surface area contributed by atoms with Gasteiger partial charge in [0.25, 0.3) is 0 Å². The maximum absolute atomic E-state index is 12.6. The number of carbonyl (C=O) groups is 1. The Kier molecular flexibility index (Phi) is 9.08. The molecule has 0 saturated carbocycles. The van der Waals surface area contributed by atoms with Crippen LogP contribution in [0.4, 0.5) is 14.9 Å². The van der Waals surface area contributed by atoms with Crippen molar-refractivity contribution in [2.45, 2.75) is 45.1 Å². The van der Waals surface area contributed by atoms with Gasteiger partial charge in [-0.25, -0.2) is 4.79 Å². The number of carbonyl (C=O) groups excluding carboxylic acids is 1. The third-order valence-corrected chi connectivity index (χ3v) is 8.03. The molecule has 0 aromatic heterocycles. The van der Waals surface area contributed by atoms with Crippen LogP contribution in [0, 0.1) is 6.92 Å². The molecule has 1 heterocycles. The summed E-state index contributed by atoms with van der Waals surface area (Å²) in [6.45, 7) is 4.33. The fourth-order valence-electron chi connectivity index (χ4n) is 5.77. The molecule has 0 radical (unpaired) electrons. The molecule has 1 unspecified atom stereocenters. The van der Waals surface area contributed by atoms with Crippen LogP contribution in [-0.4, -0.2) is 50.5 Å². The van der Waals surface area contributed by atoms with Crippen molar-refractivity contribution in [1.82, 2.24) is 4.90 Å². The van der Waals surface area contributed by atoms with Gasteiger partial charge in [-0.05, 0) is 108 Å². The van der Waals surface area contributed by atoms with Crippen molar-refractivity contribution in [1.29, 1.82) is 0 Å². The molecule has 0 bridgehead atoms. The number of ether oxygens (including phenoxy) is 2. The average Bonchev–Trinajstić information content (AvgIpc) is 3.31. The number of aryl methyl sites for hydroxylation is 2. The first-order valence-corrected chi connectivity index (χ1v) is 14.4. The molecule has 1 atom stereocenters. The van der Waals surface area contributed by atoms with Crippen LogP contribution < -0.4 is 10.1 Å². The standard InChI is InChI=1S/C33H36ClFN2O3/c1-22-7-13-29(31(34)19-22)30-6-3-5-24-20-25(36-33(38)39-2)10-14-28(24)32(30)23-8-11-26(12-9-23)40-27-15-18-37(21-27)17-4-16-35/h7-14,19-20,27H,3-6,15-18,21H2,1-2H3,(H,36,38). The predicted molar refractivity (Wildman–Crippen MR) is 160 cm³/mol. The minimum atomic E-state index is -0.486. The average molecular weight is 563 g/mol. The van der Waals surface area contributed by atoms with Gasteiger partial charge in [0.2, 0.25) is 0 Å². The van der Waals surface area contributed by atoms with E-state index in [1.165, 1.54) is 18.2 Å². The lowest BCUT2D eigenvalue weighted by Gasteiger charge is -2.19. The zero-order valence-electron chi connectivity index (χ0n) is 23.1. The third kappa shape index (κ3) is 6.51. The Hall–Kier alpha value is -3.35. The highest BCUT2D eigenvalue weighted by atomic mass is 35.5. The van der Waals surface area contributed by atoms with Gasteiger partial charge in [-0.3, -0.25) is 14.6 Å². The second-order valence-corrected chi connectivity index (χ2v) is 11.0. The summed E-state index contributed by atoms with van der Waals surface area (Å²) in [4.78, 5) is 14.1. The smallest absolute Gasteiger partial charge is 0.411 e. The van der Waals surface area contributed by atoms with Crippen molar-refractivity contribution in [3.05, 3.63) is 93.5 Å². The summed E-state index contributed by atoms with van der Waals surface area (Å²) in [7, 11) is 1.36. The molecule has 1 aliphatic carbocycles. The second-order valence-electron chi connectivity index (χ2n) is 10.6. The van der Waals surface area contributed by atoms with Crippen LogP contribution in [0.1, 0.15) is 53.5 Å².